The Morgan fingerprint density at radius 2 is 2.00 bits per heavy atom. The normalized spacial score (nSPS) is 20.1. The molecule has 0 unspecified atom stereocenters. The second-order valence-electron chi connectivity index (χ2n) is 7.08. The highest BCUT2D eigenvalue weighted by atomic mass is 16.4. The van der Waals surface area contributed by atoms with Crippen molar-refractivity contribution in [3.63, 3.8) is 0 Å². The van der Waals surface area contributed by atoms with Crippen LogP contribution in [-0.4, -0.2) is 54.0 Å². The van der Waals surface area contributed by atoms with Crippen LogP contribution in [0.25, 0.3) is 16.6 Å². The van der Waals surface area contributed by atoms with Gasteiger partial charge in [0, 0.05) is 25.4 Å². The maximum atomic E-state index is 11.3. The van der Waals surface area contributed by atoms with Gasteiger partial charge in [0.2, 0.25) is 0 Å². The van der Waals surface area contributed by atoms with Gasteiger partial charge >= 0.3 is 6.09 Å². The van der Waals surface area contributed by atoms with E-state index in [9.17, 15) is 15.0 Å². The molecule has 1 aliphatic rings. The zero-order chi connectivity index (χ0) is 19.1. The van der Waals surface area contributed by atoms with Crippen molar-refractivity contribution in [2.24, 2.45) is 7.05 Å². The third kappa shape index (κ3) is 3.14. The second kappa shape index (κ2) is 6.66. The Morgan fingerprint density at radius 3 is 2.63 bits per heavy atom. The van der Waals surface area contributed by atoms with Crippen molar-refractivity contribution < 1.29 is 15.0 Å². The van der Waals surface area contributed by atoms with Crippen molar-refractivity contribution in [1.82, 2.24) is 24.5 Å². The lowest BCUT2D eigenvalue weighted by molar-refractivity contribution is 0.122. The van der Waals surface area contributed by atoms with Crippen molar-refractivity contribution in [3.8, 4) is 5.69 Å². The summed E-state index contributed by atoms with van der Waals surface area (Å²) in [6.07, 6.45) is 7.16. The van der Waals surface area contributed by atoms with E-state index < -0.39 is 6.09 Å². The molecule has 0 atom stereocenters. The van der Waals surface area contributed by atoms with Crippen LogP contribution in [0.5, 0.6) is 0 Å². The van der Waals surface area contributed by atoms with Gasteiger partial charge in [0.1, 0.15) is 11.5 Å². The molecular weight excluding hydrogens is 348 g/mol. The van der Waals surface area contributed by atoms with Crippen molar-refractivity contribution >= 4 is 22.8 Å². The van der Waals surface area contributed by atoms with E-state index in [1.54, 1.807) is 27.8 Å². The van der Waals surface area contributed by atoms with Crippen LogP contribution in [-0.2, 0) is 7.05 Å². The summed E-state index contributed by atoms with van der Waals surface area (Å²) in [5.41, 5.74) is 2.56. The molecule has 3 heterocycles. The van der Waals surface area contributed by atoms with Crippen LogP contribution in [0.15, 0.2) is 24.7 Å². The molecule has 0 spiro atoms. The van der Waals surface area contributed by atoms with E-state index in [4.69, 9.17) is 5.10 Å². The Balaban J connectivity index is 1.86. The summed E-state index contributed by atoms with van der Waals surface area (Å²) in [6.45, 7) is 0. The molecule has 1 saturated carbocycles. The summed E-state index contributed by atoms with van der Waals surface area (Å²) < 4.78 is 3.51. The molecule has 2 N–H and O–H groups in total. The number of fused-ring (bicyclic) bond motifs is 1. The van der Waals surface area contributed by atoms with Crippen LogP contribution in [0, 0.1) is 0 Å². The lowest BCUT2D eigenvalue weighted by Gasteiger charge is -2.24. The lowest BCUT2D eigenvalue weighted by atomic mass is 9.84. The monoisotopic (exact) mass is 370 g/mol. The van der Waals surface area contributed by atoms with Gasteiger partial charge in [-0.05, 0) is 31.7 Å². The number of rotatable bonds is 3. The Morgan fingerprint density at radius 1 is 1.26 bits per heavy atom. The number of aromatic nitrogens is 5. The van der Waals surface area contributed by atoms with Crippen LogP contribution in [0.3, 0.4) is 0 Å². The highest BCUT2D eigenvalue weighted by Gasteiger charge is 2.27. The average molecular weight is 370 g/mol. The molecular formula is C18H22N6O3. The molecule has 3 aromatic rings. The first-order valence-corrected chi connectivity index (χ1v) is 8.96. The van der Waals surface area contributed by atoms with E-state index in [-0.39, 0.29) is 12.0 Å². The van der Waals surface area contributed by atoms with E-state index in [0.717, 1.165) is 52.9 Å². The molecule has 27 heavy (non-hydrogen) atoms. The van der Waals surface area contributed by atoms with Crippen LogP contribution in [0.1, 0.15) is 37.3 Å². The molecule has 4 rings (SSSR count). The summed E-state index contributed by atoms with van der Waals surface area (Å²) >= 11 is 0. The minimum absolute atomic E-state index is 0.221. The van der Waals surface area contributed by atoms with E-state index in [0.29, 0.717) is 5.82 Å². The first-order valence-electron chi connectivity index (χ1n) is 8.96. The topological polar surface area (TPSA) is 109 Å². The van der Waals surface area contributed by atoms with Gasteiger partial charge in [-0.2, -0.15) is 10.2 Å². The number of carboxylic acid groups (broad SMARTS) is 1. The van der Waals surface area contributed by atoms with E-state index in [1.807, 2.05) is 13.2 Å². The summed E-state index contributed by atoms with van der Waals surface area (Å²) in [5, 5.41) is 29.0. The molecule has 1 aliphatic carbocycles. The zero-order valence-corrected chi connectivity index (χ0v) is 15.3. The maximum Gasteiger partial charge on any atom is 0.412 e. The predicted octanol–water partition coefficient (Wildman–Crippen LogP) is 2.29. The zero-order valence-electron chi connectivity index (χ0n) is 15.3. The first-order chi connectivity index (χ1) is 12.9. The Hall–Kier alpha value is -2.94. The molecule has 3 aromatic heterocycles. The molecule has 0 aromatic carbocycles. The van der Waals surface area contributed by atoms with Gasteiger partial charge < -0.3 is 10.2 Å². The molecule has 0 aliphatic heterocycles. The number of carbonyl (C=O) groups is 1. The quantitative estimate of drug-likeness (QED) is 0.732. The molecule has 1 fully saturated rings. The van der Waals surface area contributed by atoms with E-state index in [1.165, 1.54) is 7.05 Å². The van der Waals surface area contributed by atoms with Crippen molar-refractivity contribution in [2.75, 3.05) is 11.9 Å². The van der Waals surface area contributed by atoms with Gasteiger partial charge in [-0.3, -0.25) is 9.58 Å². The number of aryl methyl sites for hydroxylation is 1. The number of pyridine rings is 1. The molecule has 0 bridgehead atoms. The van der Waals surface area contributed by atoms with Crippen LogP contribution >= 0.6 is 0 Å². The largest absolute Gasteiger partial charge is 0.465 e. The number of aliphatic hydroxyl groups excluding tert-OH is 1. The number of nitrogens with zero attached hydrogens (tertiary/aromatic N) is 6. The minimum atomic E-state index is -1.07. The van der Waals surface area contributed by atoms with Crippen LogP contribution < -0.4 is 4.90 Å². The van der Waals surface area contributed by atoms with Crippen molar-refractivity contribution in [3.05, 3.63) is 30.4 Å². The first kappa shape index (κ1) is 17.5. The van der Waals surface area contributed by atoms with Gasteiger partial charge in [-0.15, -0.1) is 0 Å². The number of hydrogen-bond donors (Lipinski definition) is 2. The third-order valence-corrected chi connectivity index (χ3v) is 5.23. The third-order valence-electron chi connectivity index (χ3n) is 5.23. The van der Waals surface area contributed by atoms with Gasteiger partial charge in [-0.25, -0.2) is 14.5 Å². The maximum absolute atomic E-state index is 11.3. The molecule has 9 nitrogen and oxygen atoms in total. The standard InChI is InChI=1S/C18H22N6O3/c1-22-10-12(8-20-22)24-15-9-19-16(23(2)18(26)27)7-14(15)17(21-24)11-3-5-13(25)6-4-11/h7-11,13,25H,3-6H2,1-2H3,(H,26,27)/t11-,13-. The molecule has 0 saturated heterocycles. The van der Waals surface area contributed by atoms with Crippen LogP contribution in [0.4, 0.5) is 10.6 Å². The lowest BCUT2D eigenvalue weighted by Crippen LogP contribution is -2.24. The number of anilines is 1. The number of aliphatic hydroxyl groups is 1. The highest BCUT2D eigenvalue weighted by Crippen LogP contribution is 2.37. The van der Waals surface area contributed by atoms with Gasteiger partial charge in [0.25, 0.3) is 0 Å². The van der Waals surface area contributed by atoms with Gasteiger partial charge in [0.15, 0.2) is 0 Å². The smallest absolute Gasteiger partial charge is 0.412 e. The Kier molecular flexibility index (Phi) is 4.31. The highest BCUT2D eigenvalue weighted by molar-refractivity contribution is 5.90. The summed E-state index contributed by atoms with van der Waals surface area (Å²) in [4.78, 5) is 16.7. The molecule has 142 valence electrons. The predicted molar refractivity (Wildman–Crippen MR) is 99.3 cm³/mol. The van der Waals surface area contributed by atoms with Crippen molar-refractivity contribution in [2.45, 2.75) is 37.7 Å². The summed E-state index contributed by atoms with van der Waals surface area (Å²) in [7, 11) is 3.31. The second-order valence-corrected chi connectivity index (χ2v) is 7.08. The van der Waals surface area contributed by atoms with Gasteiger partial charge in [0.05, 0.1) is 35.9 Å². The average Bonchev–Trinajstić information content (AvgIpc) is 3.24. The molecule has 9 heteroatoms. The fourth-order valence-corrected chi connectivity index (χ4v) is 3.67. The van der Waals surface area contributed by atoms with Crippen LogP contribution in [0.2, 0.25) is 0 Å². The minimum Gasteiger partial charge on any atom is -0.465 e. The van der Waals surface area contributed by atoms with Gasteiger partial charge in [-0.1, -0.05) is 0 Å². The molecule has 0 radical (unpaired) electrons. The number of amides is 1. The molecule has 1 amide bonds. The summed E-state index contributed by atoms with van der Waals surface area (Å²) in [5.74, 6) is 0.581. The SMILES string of the molecule is CN(C(=O)O)c1cc2c(cn1)n(-c1cnn(C)c1)nc2[C@H]1CC[C@H](O)CC1. The fourth-order valence-electron chi connectivity index (χ4n) is 3.67. The fraction of sp³-hybridized carbons (Fsp3) is 0.444. The van der Waals surface area contributed by atoms with Crippen molar-refractivity contribution in [1.29, 1.82) is 0 Å². The van der Waals surface area contributed by atoms with E-state index in [2.05, 4.69) is 10.1 Å². The number of hydrogen-bond acceptors (Lipinski definition) is 5. The Bertz CT molecular complexity index is 986. The summed E-state index contributed by atoms with van der Waals surface area (Å²) in [6, 6.07) is 1.78. The Labute approximate surface area is 155 Å². The van der Waals surface area contributed by atoms with E-state index >= 15 is 0 Å².